The minimum atomic E-state index is -3.66. The molecule has 0 spiro atoms. The predicted octanol–water partition coefficient (Wildman–Crippen LogP) is 3.93. The third kappa shape index (κ3) is 4.46. The van der Waals surface area contributed by atoms with Crippen LogP contribution in [0.15, 0.2) is 60.8 Å². The first-order valence-corrected chi connectivity index (χ1v) is 11.5. The Morgan fingerprint density at radius 1 is 0.929 bits per heavy atom. The Bertz CT molecular complexity index is 922. The number of hydrogen-bond acceptors (Lipinski definition) is 4. The van der Waals surface area contributed by atoms with Crippen molar-refractivity contribution >= 4 is 16.1 Å². The number of hydrogen-bond donors (Lipinski definition) is 2. The van der Waals surface area contributed by atoms with Crippen LogP contribution in [-0.2, 0) is 16.6 Å². The third-order valence-corrected chi connectivity index (χ3v) is 7.00. The molecule has 1 aliphatic heterocycles. The molecule has 2 aromatic carbocycles. The van der Waals surface area contributed by atoms with Crippen molar-refractivity contribution in [3.8, 4) is 0 Å². The summed E-state index contributed by atoms with van der Waals surface area (Å²) in [6, 6.07) is 17.7. The van der Waals surface area contributed by atoms with Gasteiger partial charge in [-0.2, -0.15) is 0 Å². The van der Waals surface area contributed by atoms with Crippen LogP contribution in [0.25, 0.3) is 6.08 Å². The third-order valence-electron chi connectivity index (χ3n) is 5.48. The smallest absolute Gasteiger partial charge is 0.248 e. The van der Waals surface area contributed by atoms with Gasteiger partial charge in [0.15, 0.2) is 5.37 Å². The van der Waals surface area contributed by atoms with Crippen LogP contribution < -0.4 is 10.1 Å². The molecule has 1 saturated carbocycles. The zero-order valence-electron chi connectivity index (χ0n) is 15.9. The fraction of sp³-hybridized carbons (Fsp3) is 0.364. The van der Waals surface area contributed by atoms with Gasteiger partial charge in [0.25, 0.3) is 0 Å². The summed E-state index contributed by atoms with van der Waals surface area (Å²) in [4.78, 5) is 2.78. The predicted molar refractivity (Wildman–Crippen MR) is 112 cm³/mol. The first-order chi connectivity index (χ1) is 13.6. The summed E-state index contributed by atoms with van der Waals surface area (Å²) in [5.41, 5.74) is 2.99. The zero-order chi connectivity index (χ0) is 19.4. The molecular formula is C22H27N3O2S. The van der Waals surface area contributed by atoms with E-state index < -0.39 is 15.4 Å². The normalized spacial score (nSPS) is 18.6. The number of nitrogens with zero attached hydrogens (tertiary/aromatic N) is 1. The van der Waals surface area contributed by atoms with E-state index in [0.717, 1.165) is 42.4 Å². The van der Waals surface area contributed by atoms with Gasteiger partial charge in [-0.3, -0.25) is 10.3 Å². The van der Waals surface area contributed by atoms with Crippen molar-refractivity contribution in [2.45, 2.75) is 50.1 Å². The van der Waals surface area contributed by atoms with Gasteiger partial charge in [0.05, 0.1) is 6.54 Å². The minimum Gasteiger partial charge on any atom is -0.298 e. The maximum atomic E-state index is 13.3. The van der Waals surface area contributed by atoms with E-state index >= 15 is 0 Å². The molecule has 6 heteroatoms. The molecule has 28 heavy (non-hydrogen) atoms. The highest BCUT2D eigenvalue weighted by atomic mass is 32.2. The van der Waals surface area contributed by atoms with E-state index in [9.17, 15) is 8.42 Å². The molecule has 1 heterocycles. The Morgan fingerprint density at radius 2 is 1.64 bits per heavy atom. The van der Waals surface area contributed by atoms with Gasteiger partial charge in [0.2, 0.25) is 10.0 Å². The van der Waals surface area contributed by atoms with E-state index in [1.54, 1.807) is 11.2 Å². The maximum Gasteiger partial charge on any atom is 0.248 e. The van der Waals surface area contributed by atoms with Gasteiger partial charge < -0.3 is 0 Å². The number of rotatable bonds is 6. The van der Waals surface area contributed by atoms with Gasteiger partial charge in [-0.15, -0.1) is 4.83 Å². The van der Waals surface area contributed by atoms with Crippen molar-refractivity contribution in [2.75, 3.05) is 0 Å². The van der Waals surface area contributed by atoms with Crippen LogP contribution in [-0.4, -0.2) is 19.5 Å². The molecule has 0 saturated heterocycles. The summed E-state index contributed by atoms with van der Waals surface area (Å²) in [6.07, 6.45) is 9.31. The first kappa shape index (κ1) is 19.2. The summed E-state index contributed by atoms with van der Waals surface area (Å²) in [5, 5.41) is 4.29. The lowest BCUT2D eigenvalue weighted by Crippen LogP contribution is -2.47. The average molecular weight is 398 g/mol. The topological polar surface area (TPSA) is 61.4 Å². The van der Waals surface area contributed by atoms with Crippen LogP contribution >= 0.6 is 0 Å². The quantitative estimate of drug-likeness (QED) is 0.775. The molecule has 0 aromatic heterocycles. The molecule has 0 amide bonds. The van der Waals surface area contributed by atoms with Crippen LogP contribution in [0, 0.1) is 0 Å². The van der Waals surface area contributed by atoms with Crippen molar-refractivity contribution in [1.29, 1.82) is 0 Å². The van der Waals surface area contributed by atoms with Gasteiger partial charge >= 0.3 is 0 Å². The number of hydrazine groups is 1. The standard InChI is InChI=1S/C22H27N3O2S/c26-28(27,24-25-16-15-18-9-7-8-12-20(18)17-25)22(19-10-3-1-4-11-19)23-21-13-5-2-6-14-21/h1,3-4,7-12,15-16,21-24H,2,5-6,13-14,17H2. The van der Waals surface area contributed by atoms with Crippen molar-refractivity contribution in [1.82, 2.24) is 15.2 Å². The molecule has 5 nitrogen and oxygen atoms in total. The van der Waals surface area contributed by atoms with Crippen LogP contribution in [0.3, 0.4) is 0 Å². The minimum absolute atomic E-state index is 0.230. The van der Waals surface area contributed by atoms with Gasteiger partial charge in [-0.25, -0.2) is 8.42 Å². The van der Waals surface area contributed by atoms with Crippen LogP contribution in [0.2, 0.25) is 0 Å². The summed E-state index contributed by atoms with van der Waals surface area (Å²) >= 11 is 0. The zero-order valence-corrected chi connectivity index (χ0v) is 16.7. The SMILES string of the molecule is O=S(=O)(NN1C=Cc2ccccc2C1)C(NC1CCCCC1)c1ccccc1. The maximum absolute atomic E-state index is 13.3. The molecule has 2 aromatic rings. The lowest BCUT2D eigenvalue weighted by atomic mass is 9.95. The van der Waals surface area contributed by atoms with Gasteiger partial charge in [-0.1, -0.05) is 73.9 Å². The monoisotopic (exact) mass is 397 g/mol. The van der Waals surface area contributed by atoms with Crippen molar-refractivity contribution < 1.29 is 8.42 Å². The van der Waals surface area contributed by atoms with Crippen molar-refractivity contribution in [3.63, 3.8) is 0 Å². The largest absolute Gasteiger partial charge is 0.298 e. The molecule has 1 unspecified atom stereocenters. The lowest BCUT2D eigenvalue weighted by Gasteiger charge is -2.31. The molecule has 2 N–H and O–H groups in total. The Morgan fingerprint density at radius 3 is 2.43 bits per heavy atom. The molecule has 0 bridgehead atoms. The molecule has 2 aliphatic rings. The second-order valence-electron chi connectivity index (χ2n) is 7.57. The molecule has 0 radical (unpaired) electrons. The van der Waals surface area contributed by atoms with E-state index in [1.807, 2.05) is 60.7 Å². The van der Waals surface area contributed by atoms with E-state index in [1.165, 1.54) is 6.42 Å². The highest BCUT2D eigenvalue weighted by Gasteiger charge is 2.31. The Hall–Kier alpha value is -2.15. The second kappa shape index (κ2) is 8.47. The Balaban J connectivity index is 1.54. The van der Waals surface area contributed by atoms with Crippen LogP contribution in [0.1, 0.15) is 54.2 Å². The second-order valence-corrected chi connectivity index (χ2v) is 9.32. The van der Waals surface area contributed by atoms with E-state index in [2.05, 4.69) is 10.1 Å². The van der Waals surface area contributed by atoms with Gasteiger partial charge in [-0.05, 0) is 35.6 Å². The molecular weight excluding hydrogens is 370 g/mol. The summed E-state index contributed by atoms with van der Waals surface area (Å²) in [7, 11) is -3.66. The molecule has 1 fully saturated rings. The number of nitrogens with one attached hydrogen (secondary N) is 2. The van der Waals surface area contributed by atoms with E-state index in [-0.39, 0.29) is 6.04 Å². The highest BCUT2D eigenvalue weighted by Crippen LogP contribution is 2.26. The Kier molecular flexibility index (Phi) is 5.80. The number of sulfonamides is 1. The molecule has 1 atom stereocenters. The highest BCUT2D eigenvalue weighted by molar-refractivity contribution is 7.89. The lowest BCUT2D eigenvalue weighted by molar-refractivity contribution is 0.316. The summed E-state index contributed by atoms with van der Waals surface area (Å²) in [5.74, 6) is 0. The molecule has 148 valence electrons. The fourth-order valence-corrected chi connectivity index (χ4v) is 5.45. The van der Waals surface area contributed by atoms with Crippen molar-refractivity contribution in [2.24, 2.45) is 0 Å². The summed E-state index contributed by atoms with van der Waals surface area (Å²) in [6.45, 7) is 0.511. The number of fused-ring (bicyclic) bond motifs is 1. The van der Waals surface area contributed by atoms with Crippen molar-refractivity contribution in [3.05, 3.63) is 77.5 Å². The fourth-order valence-electron chi connectivity index (χ4n) is 4.00. The average Bonchev–Trinajstić information content (AvgIpc) is 2.73. The van der Waals surface area contributed by atoms with E-state index in [0.29, 0.717) is 6.54 Å². The number of benzene rings is 2. The van der Waals surface area contributed by atoms with Gasteiger partial charge in [0, 0.05) is 12.2 Å². The summed E-state index contributed by atoms with van der Waals surface area (Å²) < 4.78 is 26.7. The van der Waals surface area contributed by atoms with Gasteiger partial charge in [0.1, 0.15) is 0 Å². The first-order valence-electron chi connectivity index (χ1n) is 9.97. The van der Waals surface area contributed by atoms with Crippen LogP contribution in [0.5, 0.6) is 0 Å². The Labute approximate surface area is 167 Å². The molecule has 1 aliphatic carbocycles. The van der Waals surface area contributed by atoms with Crippen LogP contribution in [0.4, 0.5) is 0 Å². The molecule has 4 rings (SSSR count). The van der Waals surface area contributed by atoms with E-state index in [4.69, 9.17) is 0 Å².